The van der Waals surface area contributed by atoms with E-state index in [-0.39, 0.29) is 11.8 Å². The Morgan fingerprint density at radius 3 is 2.65 bits per heavy atom. The first-order valence-electron chi connectivity index (χ1n) is 7.38. The summed E-state index contributed by atoms with van der Waals surface area (Å²) in [6.45, 7) is 1.23. The van der Waals surface area contributed by atoms with E-state index >= 15 is 0 Å². The monoisotopic (exact) mass is 277 g/mol. The molecule has 1 aliphatic heterocycles. The Morgan fingerprint density at radius 1 is 1.30 bits per heavy atom. The van der Waals surface area contributed by atoms with Gasteiger partial charge in [0.15, 0.2) is 5.82 Å². The summed E-state index contributed by atoms with van der Waals surface area (Å²) in [5, 5.41) is 17.5. The molecule has 7 heteroatoms. The summed E-state index contributed by atoms with van der Waals surface area (Å²) in [7, 11) is 0. The van der Waals surface area contributed by atoms with Crippen LogP contribution in [0, 0.1) is 11.3 Å². The van der Waals surface area contributed by atoms with Crippen LogP contribution in [-0.2, 0) is 15.1 Å². The fourth-order valence-corrected chi connectivity index (χ4v) is 3.71. The van der Waals surface area contributed by atoms with Crippen molar-refractivity contribution < 1.29 is 9.53 Å². The maximum absolute atomic E-state index is 12.5. The number of nitrogens with one attached hydrogen (secondary N) is 2. The lowest BCUT2D eigenvalue weighted by Gasteiger charge is -2.36. The van der Waals surface area contributed by atoms with Crippen LogP contribution in [0.2, 0.25) is 0 Å². The molecule has 1 unspecified atom stereocenters. The van der Waals surface area contributed by atoms with Crippen molar-refractivity contribution in [1.29, 1.82) is 0 Å². The zero-order valence-electron chi connectivity index (χ0n) is 11.4. The summed E-state index contributed by atoms with van der Waals surface area (Å²) in [5.74, 6) is 0.941. The van der Waals surface area contributed by atoms with Crippen LogP contribution in [0.4, 0.5) is 0 Å². The third-order valence-corrected chi connectivity index (χ3v) is 5.34. The van der Waals surface area contributed by atoms with Crippen LogP contribution >= 0.6 is 0 Å². The van der Waals surface area contributed by atoms with Gasteiger partial charge in [0, 0.05) is 32.0 Å². The SMILES string of the molecule is O=C(NC1(c2nn[nH]n2)CCOCC1)C1CC12CCC2. The van der Waals surface area contributed by atoms with Gasteiger partial charge in [-0.3, -0.25) is 4.79 Å². The number of amides is 1. The maximum Gasteiger partial charge on any atom is 0.224 e. The largest absolute Gasteiger partial charge is 0.381 e. The first-order valence-corrected chi connectivity index (χ1v) is 7.38. The zero-order chi connectivity index (χ0) is 13.6. The highest BCUT2D eigenvalue weighted by Gasteiger charge is 2.61. The highest BCUT2D eigenvalue weighted by atomic mass is 16.5. The molecule has 1 atom stereocenters. The molecule has 1 aromatic rings. The molecule has 3 aliphatic rings. The maximum atomic E-state index is 12.5. The fraction of sp³-hybridized carbons (Fsp3) is 0.846. The number of rotatable bonds is 3. The molecular formula is C13H19N5O2. The van der Waals surface area contributed by atoms with E-state index in [4.69, 9.17) is 4.74 Å². The third-order valence-electron chi connectivity index (χ3n) is 5.34. The average molecular weight is 277 g/mol. The standard InChI is InChI=1S/C13H19N5O2/c19-10(9-8-12(9)2-1-3-12)14-13(4-6-20-7-5-13)11-15-17-18-16-11/h9H,1-8H2,(H,14,19)(H,15,16,17,18). The molecule has 7 nitrogen and oxygen atoms in total. The quantitative estimate of drug-likeness (QED) is 0.840. The Bertz CT molecular complexity index is 505. The number of hydrogen-bond acceptors (Lipinski definition) is 5. The van der Waals surface area contributed by atoms with Crippen molar-refractivity contribution in [3.63, 3.8) is 0 Å². The second-order valence-electron chi connectivity index (χ2n) is 6.39. The van der Waals surface area contributed by atoms with Gasteiger partial charge in [-0.2, -0.15) is 5.21 Å². The van der Waals surface area contributed by atoms with Gasteiger partial charge in [-0.15, -0.1) is 10.2 Å². The normalized spacial score (nSPS) is 29.7. The summed E-state index contributed by atoms with van der Waals surface area (Å²) in [6, 6.07) is 0. The number of carbonyl (C=O) groups excluding carboxylic acids is 1. The van der Waals surface area contributed by atoms with Crippen LogP contribution in [0.5, 0.6) is 0 Å². The smallest absolute Gasteiger partial charge is 0.224 e. The van der Waals surface area contributed by atoms with Crippen LogP contribution in [0.15, 0.2) is 0 Å². The van der Waals surface area contributed by atoms with E-state index in [1.807, 2.05) is 0 Å². The molecule has 3 fully saturated rings. The molecule has 4 rings (SSSR count). The summed E-state index contributed by atoms with van der Waals surface area (Å²) in [4.78, 5) is 12.5. The molecule has 1 aromatic heterocycles. The first kappa shape index (κ1) is 12.3. The lowest BCUT2D eigenvalue weighted by molar-refractivity contribution is -0.127. The summed E-state index contributed by atoms with van der Waals surface area (Å²) >= 11 is 0. The highest BCUT2D eigenvalue weighted by Crippen LogP contribution is 2.65. The number of hydrogen-bond donors (Lipinski definition) is 2. The minimum atomic E-state index is -0.504. The molecule has 0 aromatic carbocycles. The number of nitrogens with zero attached hydrogens (tertiary/aromatic N) is 3. The minimum Gasteiger partial charge on any atom is -0.381 e. The molecule has 2 saturated carbocycles. The van der Waals surface area contributed by atoms with Gasteiger partial charge in [-0.1, -0.05) is 11.6 Å². The molecule has 108 valence electrons. The number of aromatic amines is 1. The van der Waals surface area contributed by atoms with E-state index in [1.165, 1.54) is 19.3 Å². The van der Waals surface area contributed by atoms with Crippen LogP contribution in [0.3, 0.4) is 0 Å². The van der Waals surface area contributed by atoms with Crippen molar-refractivity contribution in [2.24, 2.45) is 11.3 Å². The van der Waals surface area contributed by atoms with Gasteiger partial charge in [0.2, 0.25) is 5.91 Å². The lowest BCUT2D eigenvalue weighted by Crippen LogP contribution is -2.51. The van der Waals surface area contributed by atoms with Crippen molar-refractivity contribution in [3.05, 3.63) is 5.82 Å². The molecule has 1 amide bonds. The fourth-order valence-electron chi connectivity index (χ4n) is 3.71. The molecule has 20 heavy (non-hydrogen) atoms. The van der Waals surface area contributed by atoms with E-state index in [0.29, 0.717) is 37.3 Å². The van der Waals surface area contributed by atoms with E-state index in [1.54, 1.807) is 0 Å². The van der Waals surface area contributed by atoms with Gasteiger partial charge in [0.1, 0.15) is 5.54 Å². The molecule has 2 N–H and O–H groups in total. The Kier molecular flexibility index (Phi) is 2.60. The Morgan fingerprint density at radius 2 is 2.10 bits per heavy atom. The van der Waals surface area contributed by atoms with Gasteiger partial charge in [0.25, 0.3) is 0 Å². The van der Waals surface area contributed by atoms with Crippen LogP contribution in [0.25, 0.3) is 0 Å². The van der Waals surface area contributed by atoms with E-state index in [0.717, 1.165) is 6.42 Å². The predicted octanol–water partition coefficient (Wildman–Crippen LogP) is 0.512. The molecule has 2 aliphatic carbocycles. The molecule has 1 saturated heterocycles. The van der Waals surface area contributed by atoms with Crippen molar-refractivity contribution in [1.82, 2.24) is 25.9 Å². The minimum absolute atomic E-state index is 0.163. The Labute approximate surface area is 116 Å². The average Bonchev–Trinajstić information content (AvgIpc) is 2.97. The molecule has 2 heterocycles. The summed E-state index contributed by atoms with van der Waals surface area (Å²) < 4.78 is 5.42. The Balaban J connectivity index is 1.52. The number of H-pyrrole nitrogens is 1. The number of tetrazole rings is 1. The van der Waals surface area contributed by atoms with E-state index in [9.17, 15) is 4.79 Å². The second kappa shape index (κ2) is 4.25. The molecule has 0 radical (unpaired) electrons. The molecule has 1 spiro atoms. The number of carbonyl (C=O) groups is 1. The third kappa shape index (κ3) is 1.76. The van der Waals surface area contributed by atoms with Gasteiger partial charge < -0.3 is 10.1 Å². The highest BCUT2D eigenvalue weighted by molar-refractivity contribution is 5.83. The van der Waals surface area contributed by atoms with Crippen molar-refractivity contribution in [2.45, 2.75) is 44.1 Å². The van der Waals surface area contributed by atoms with E-state index in [2.05, 4.69) is 25.9 Å². The molecule has 0 bridgehead atoms. The Hall–Kier alpha value is -1.50. The predicted molar refractivity (Wildman–Crippen MR) is 68.4 cm³/mol. The van der Waals surface area contributed by atoms with Gasteiger partial charge >= 0.3 is 0 Å². The summed E-state index contributed by atoms with van der Waals surface area (Å²) in [5.41, 5.74) is -0.163. The van der Waals surface area contributed by atoms with Crippen LogP contribution < -0.4 is 5.32 Å². The zero-order valence-corrected chi connectivity index (χ0v) is 11.4. The van der Waals surface area contributed by atoms with Crippen molar-refractivity contribution in [3.8, 4) is 0 Å². The second-order valence-corrected chi connectivity index (χ2v) is 6.39. The lowest BCUT2D eigenvalue weighted by atomic mass is 9.79. The van der Waals surface area contributed by atoms with Crippen LogP contribution in [0.1, 0.15) is 44.3 Å². The number of ether oxygens (including phenoxy) is 1. The van der Waals surface area contributed by atoms with Gasteiger partial charge in [-0.25, -0.2) is 0 Å². The molecular weight excluding hydrogens is 258 g/mol. The topological polar surface area (TPSA) is 92.8 Å². The number of aromatic nitrogens is 4. The summed E-state index contributed by atoms with van der Waals surface area (Å²) in [6.07, 6.45) is 6.16. The van der Waals surface area contributed by atoms with E-state index < -0.39 is 5.54 Å². The van der Waals surface area contributed by atoms with Gasteiger partial charge in [0.05, 0.1) is 0 Å². The van der Waals surface area contributed by atoms with Crippen molar-refractivity contribution >= 4 is 5.91 Å². The first-order chi connectivity index (χ1) is 9.74. The van der Waals surface area contributed by atoms with Crippen LogP contribution in [-0.4, -0.2) is 39.7 Å². The van der Waals surface area contributed by atoms with Gasteiger partial charge in [-0.05, 0) is 24.7 Å². The van der Waals surface area contributed by atoms with Crippen molar-refractivity contribution in [2.75, 3.05) is 13.2 Å².